The van der Waals surface area contributed by atoms with Gasteiger partial charge in [0.1, 0.15) is 6.04 Å². The zero-order valence-electron chi connectivity index (χ0n) is 17.3. The predicted octanol–water partition coefficient (Wildman–Crippen LogP) is 3.52. The number of benzene rings is 2. The number of rotatable bonds is 8. The van der Waals surface area contributed by atoms with Crippen molar-refractivity contribution in [1.82, 2.24) is 5.32 Å². The highest BCUT2D eigenvalue weighted by Gasteiger charge is 2.29. The molecule has 28 heavy (non-hydrogen) atoms. The fourth-order valence-electron chi connectivity index (χ4n) is 3.19. The van der Waals surface area contributed by atoms with Gasteiger partial charge in [0, 0.05) is 6.54 Å². The van der Waals surface area contributed by atoms with Crippen molar-refractivity contribution in [3.8, 4) is 0 Å². The maximum Gasteiger partial charge on any atom is 0.243 e. The van der Waals surface area contributed by atoms with Crippen molar-refractivity contribution in [2.45, 2.75) is 46.6 Å². The molecule has 0 aliphatic carbocycles. The van der Waals surface area contributed by atoms with Crippen molar-refractivity contribution in [2.24, 2.45) is 0 Å². The third-order valence-electron chi connectivity index (χ3n) is 4.86. The summed E-state index contributed by atoms with van der Waals surface area (Å²) >= 11 is 0. The lowest BCUT2D eigenvalue weighted by Crippen LogP contribution is -2.48. The van der Waals surface area contributed by atoms with E-state index in [1.807, 2.05) is 26.0 Å². The summed E-state index contributed by atoms with van der Waals surface area (Å²) in [5.74, 6) is -0.298. The first-order valence-corrected chi connectivity index (χ1v) is 11.3. The molecule has 152 valence electrons. The lowest BCUT2D eigenvalue weighted by molar-refractivity contribution is -0.121. The Morgan fingerprint density at radius 3 is 2.39 bits per heavy atom. The van der Waals surface area contributed by atoms with Crippen LogP contribution in [0.4, 0.5) is 5.69 Å². The molecule has 0 saturated carbocycles. The number of nitrogens with zero attached hydrogens (tertiary/aromatic N) is 1. The average molecular weight is 403 g/mol. The summed E-state index contributed by atoms with van der Waals surface area (Å²) in [7, 11) is -3.60. The molecule has 0 bridgehead atoms. The lowest BCUT2D eigenvalue weighted by atomic mass is 10.1. The monoisotopic (exact) mass is 402 g/mol. The largest absolute Gasteiger partial charge is 0.354 e. The standard InChI is InChI=1S/C22H30N2O3S/c1-16-8-6-9-20(14-16)10-7-13-23-22(25)19(4)24(28(5,26)27)21-12-11-17(2)18(3)15-21/h6,8-9,11-12,14-15,19H,7,10,13H2,1-5H3,(H,23,25). The van der Waals surface area contributed by atoms with Crippen molar-refractivity contribution in [3.63, 3.8) is 0 Å². The summed E-state index contributed by atoms with van der Waals surface area (Å²) in [6.45, 7) is 8.07. The van der Waals surface area contributed by atoms with E-state index in [1.165, 1.54) is 15.4 Å². The zero-order chi connectivity index (χ0) is 20.9. The molecule has 1 atom stereocenters. The fourth-order valence-corrected chi connectivity index (χ4v) is 4.36. The van der Waals surface area contributed by atoms with E-state index in [1.54, 1.807) is 19.1 Å². The van der Waals surface area contributed by atoms with E-state index in [9.17, 15) is 13.2 Å². The Balaban J connectivity index is 2.02. The maximum atomic E-state index is 12.6. The highest BCUT2D eigenvalue weighted by molar-refractivity contribution is 7.92. The van der Waals surface area contributed by atoms with Gasteiger partial charge in [-0.3, -0.25) is 9.10 Å². The number of sulfonamides is 1. The highest BCUT2D eigenvalue weighted by atomic mass is 32.2. The highest BCUT2D eigenvalue weighted by Crippen LogP contribution is 2.23. The van der Waals surface area contributed by atoms with Crippen LogP contribution >= 0.6 is 0 Å². The molecule has 0 radical (unpaired) electrons. The van der Waals surface area contributed by atoms with Gasteiger partial charge in [-0.2, -0.15) is 0 Å². The lowest BCUT2D eigenvalue weighted by Gasteiger charge is -2.28. The predicted molar refractivity (Wildman–Crippen MR) is 115 cm³/mol. The molecule has 6 heteroatoms. The molecule has 1 N–H and O–H groups in total. The molecule has 1 unspecified atom stereocenters. The average Bonchev–Trinajstić information content (AvgIpc) is 2.60. The second-order valence-electron chi connectivity index (χ2n) is 7.39. The second kappa shape index (κ2) is 9.24. The van der Waals surface area contributed by atoms with Crippen LogP contribution in [0.25, 0.3) is 0 Å². The summed E-state index contributed by atoms with van der Waals surface area (Å²) in [6, 6.07) is 12.9. The molecule has 0 fully saturated rings. The minimum Gasteiger partial charge on any atom is -0.354 e. The van der Waals surface area contributed by atoms with Crippen molar-refractivity contribution in [2.75, 3.05) is 17.1 Å². The summed E-state index contributed by atoms with van der Waals surface area (Å²) in [5, 5.41) is 2.87. The first-order valence-electron chi connectivity index (χ1n) is 9.49. The van der Waals surface area contributed by atoms with E-state index in [0.717, 1.165) is 30.2 Å². The zero-order valence-corrected chi connectivity index (χ0v) is 18.1. The second-order valence-corrected chi connectivity index (χ2v) is 9.25. The van der Waals surface area contributed by atoms with Gasteiger partial charge in [-0.1, -0.05) is 35.9 Å². The molecule has 0 aliphatic heterocycles. The molecular formula is C22H30N2O3S. The van der Waals surface area contributed by atoms with Gasteiger partial charge in [-0.05, 0) is 69.4 Å². The summed E-state index contributed by atoms with van der Waals surface area (Å²) < 4.78 is 25.9. The molecule has 1 amide bonds. The molecule has 0 aliphatic rings. The van der Waals surface area contributed by atoms with Gasteiger partial charge < -0.3 is 5.32 Å². The number of carbonyl (C=O) groups excluding carboxylic acids is 1. The van der Waals surface area contributed by atoms with E-state index in [0.29, 0.717) is 12.2 Å². The molecule has 0 heterocycles. The normalized spacial score (nSPS) is 12.5. The number of anilines is 1. The van der Waals surface area contributed by atoms with Crippen LogP contribution in [0.15, 0.2) is 42.5 Å². The summed E-state index contributed by atoms with van der Waals surface area (Å²) in [6.07, 6.45) is 2.79. The van der Waals surface area contributed by atoms with Crippen molar-refractivity contribution < 1.29 is 13.2 Å². The first kappa shape index (κ1) is 22.0. The molecule has 2 rings (SSSR count). The van der Waals surface area contributed by atoms with Gasteiger partial charge in [-0.15, -0.1) is 0 Å². The van der Waals surface area contributed by atoms with Crippen LogP contribution in [-0.4, -0.2) is 33.2 Å². The Morgan fingerprint density at radius 1 is 1.07 bits per heavy atom. The number of carbonyl (C=O) groups is 1. The Labute approximate surface area is 168 Å². The number of amides is 1. The Bertz CT molecular complexity index is 939. The van der Waals surface area contributed by atoms with E-state index in [-0.39, 0.29) is 5.91 Å². The summed E-state index contributed by atoms with van der Waals surface area (Å²) in [5.41, 5.74) is 5.01. The van der Waals surface area contributed by atoms with Gasteiger partial charge in [0.05, 0.1) is 11.9 Å². The molecule has 0 saturated heterocycles. The van der Waals surface area contributed by atoms with E-state index in [4.69, 9.17) is 0 Å². The summed E-state index contributed by atoms with van der Waals surface area (Å²) in [4.78, 5) is 12.6. The van der Waals surface area contributed by atoms with Gasteiger partial charge in [-0.25, -0.2) is 8.42 Å². The molecule has 0 aromatic heterocycles. The third-order valence-corrected chi connectivity index (χ3v) is 6.10. The number of hydrogen-bond acceptors (Lipinski definition) is 3. The van der Waals surface area contributed by atoms with Gasteiger partial charge in [0.2, 0.25) is 15.9 Å². The van der Waals surface area contributed by atoms with E-state index < -0.39 is 16.1 Å². The van der Waals surface area contributed by atoms with E-state index >= 15 is 0 Å². The minimum atomic E-state index is -3.60. The number of hydrogen-bond donors (Lipinski definition) is 1. The Kier molecular flexibility index (Phi) is 7.24. The van der Waals surface area contributed by atoms with Crippen LogP contribution < -0.4 is 9.62 Å². The minimum absolute atomic E-state index is 0.298. The van der Waals surface area contributed by atoms with Crippen LogP contribution in [0.2, 0.25) is 0 Å². The molecular weight excluding hydrogens is 372 g/mol. The van der Waals surface area contributed by atoms with Crippen LogP contribution in [0.1, 0.15) is 35.6 Å². The third kappa shape index (κ3) is 5.83. The Morgan fingerprint density at radius 2 is 1.79 bits per heavy atom. The van der Waals surface area contributed by atoms with Crippen molar-refractivity contribution in [1.29, 1.82) is 0 Å². The topological polar surface area (TPSA) is 66.5 Å². The fraction of sp³-hybridized carbons (Fsp3) is 0.409. The van der Waals surface area contributed by atoms with Gasteiger partial charge >= 0.3 is 0 Å². The molecule has 5 nitrogen and oxygen atoms in total. The van der Waals surface area contributed by atoms with Crippen LogP contribution in [0.3, 0.4) is 0 Å². The quantitative estimate of drug-likeness (QED) is 0.687. The van der Waals surface area contributed by atoms with Crippen molar-refractivity contribution in [3.05, 3.63) is 64.7 Å². The van der Waals surface area contributed by atoms with Gasteiger partial charge in [0.15, 0.2) is 0 Å². The van der Waals surface area contributed by atoms with Crippen LogP contribution in [-0.2, 0) is 21.2 Å². The van der Waals surface area contributed by atoms with Crippen molar-refractivity contribution >= 4 is 21.6 Å². The molecule has 0 spiro atoms. The Hall–Kier alpha value is -2.34. The smallest absolute Gasteiger partial charge is 0.243 e. The molecule has 2 aromatic rings. The van der Waals surface area contributed by atoms with Crippen LogP contribution in [0.5, 0.6) is 0 Å². The van der Waals surface area contributed by atoms with Crippen LogP contribution in [0, 0.1) is 20.8 Å². The SMILES string of the molecule is Cc1cccc(CCCNC(=O)C(C)N(c2ccc(C)c(C)c2)S(C)(=O)=O)c1. The maximum absolute atomic E-state index is 12.6. The van der Waals surface area contributed by atoms with E-state index in [2.05, 4.69) is 30.4 Å². The molecule has 2 aromatic carbocycles. The number of nitrogens with one attached hydrogen (secondary N) is 1. The first-order chi connectivity index (χ1) is 13.1. The number of aryl methyl sites for hydroxylation is 4. The van der Waals surface area contributed by atoms with Gasteiger partial charge in [0.25, 0.3) is 0 Å².